The van der Waals surface area contributed by atoms with Gasteiger partial charge in [0.2, 0.25) is 5.91 Å². The lowest BCUT2D eigenvalue weighted by Gasteiger charge is -2.12. The first-order valence-corrected chi connectivity index (χ1v) is 8.64. The van der Waals surface area contributed by atoms with E-state index in [0.29, 0.717) is 29.0 Å². The minimum atomic E-state index is -0.257. The predicted octanol–water partition coefficient (Wildman–Crippen LogP) is 2.19. The van der Waals surface area contributed by atoms with E-state index in [1.807, 2.05) is 6.92 Å². The van der Waals surface area contributed by atoms with Crippen LogP contribution in [0.1, 0.15) is 27.6 Å². The van der Waals surface area contributed by atoms with Crippen LogP contribution in [0.2, 0.25) is 0 Å². The molecule has 2 aromatic rings. The van der Waals surface area contributed by atoms with Crippen LogP contribution < -0.4 is 16.0 Å². The molecule has 0 bridgehead atoms. The Balaban J connectivity index is 1.95. The second-order valence-corrected chi connectivity index (χ2v) is 6.12. The number of carbonyl (C=O) groups is 3. The molecule has 0 aromatic heterocycles. The third-order valence-corrected chi connectivity index (χ3v) is 3.71. The summed E-state index contributed by atoms with van der Waals surface area (Å²) in [6, 6.07) is 13.7. The molecule has 2 rings (SSSR count). The summed E-state index contributed by atoms with van der Waals surface area (Å²) in [6.45, 7) is 2.43. The number of anilines is 2. The molecule has 7 nitrogen and oxygen atoms in total. The first kappa shape index (κ1) is 20.0. The highest BCUT2D eigenvalue weighted by atomic mass is 16.2. The quantitative estimate of drug-likeness (QED) is 0.699. The van der Waals surface area contributed by atoms with E-state index in [9.17, 15) is 14.4 Å². The van der Waals surface area contributed by atoms with E-state index < -0.39 is 0 Å². The Bertz CT molecular complexity index is 833. The van der Waals surface area contributed by atoms with Gasteiger partial charge in [0, 0.05) is 43.1 Å². The lowest BCUT2D eigenvalue weighted by Crippen LogP contribution is -2.24. The van der Waals surface area contributed by atoms with Crippen LogP contribution >= 0.6 is 0 Å². The van der Waals surface area contributed by atoms with Gasteiger partial charge >= 0.3 is 0 Å². The van der Waals surface area contributed by atoms with Gasteiger partial charge in [-0.05, 0) is 43.3 Å². The van der Waals surface area contributed by atoms with Gasteiger partial charge in [-0.1, -0.05) is 12.1 Å². The van der Waals surface area contributed by atoms with E-state index in [1.54, 1.807) is 62.6 Å². The van der Waals surface area contributed by atoms with Gasteiger partial charge in [0.25, 0.3) is 11.8 Å². The summed E-state index contributed by atoms with van der Waals surface area (Å²) < 4.78 is 0. The molecule has 0 saturated heterocycles. The fourth-order valence-electron chi connectivity index (χ4n) is 2.41. The Morgan fingerprint density at radius 2 is 1.56 bits per heavy atom. The highest BCUT2D eigenvalue weighted by Gasteiger charge is 2.10. The topological polar surface area (TPSA) is 90.5 Å². The maximum absolute atomic E-state index is 12.2. The summed E-state index contributed by atoms with van der Waals surface area (Å²) in [5.41, 5.74) is 2.24. The third kappa shape index (κ3) is 5.85. The lowest BCUT2D eigenvalue weighted by atomic mass is 10.1. The number of nitrogens with one attached hydrogen (secondary N) is 3. The molecule has 3 amide bonds. The van der Waals surface area contributed by atoms with Gasteiger partial charge < -0.3 is 20.9 Å². The Morgan fingerprint density at radius 1 is 0.926 bits per heavy atom. The minimum absolute atomic E-state index is 0.0324. The molecule has 0 fully saturated rings. The van der Waals surface area contributed by atoms with E-state index in [-0.39, 0.29) is 24.3 Å². The number of amides is 3. The van der Waals surface area contributed by atoms with Crippen LogP contribution in [0.4, 0.5) is 11.4 Å². The number of hydrogen-bond donors (Lipinski definition) is 3. The molecule has 0 aliphatic carbocycles. The van der Waals surface area contributed by atoms with Crippen LogP contribution in [0, 0.1) is 0 Å². The molecule has 0 unspecified atom stereocenters. The second-order valence-electron chi connectivity index (χ2n) is 6.12. The van der Waals surface area contributed by atoms with Gasteiger partial charge in [-0.25, -0.2) is 0 Å². The van der Waals surface area contributed by atoms with E-state index >= 15 is 0 Å². The minimum Gasteiger partial charge on any atom is -0.376 e. The molecule has 0 atom stereocenters. The molecule has 0 aliphatic heterocycles. The first-order valence-electron chi connectivity index (χ1n) is 8.64. The van der Waals surface area contributed by atoms with Crippen molar-refractivity contribution in [3.63, 3.8) is 0 Å². The monoisotopic (exact) mass is 368 g/mol. The molecule has 2 aromatic carbocycles. The van der Waals surface area contributed by atoms with Crippen LogP contribution in [-0.4, -0.2) is 49.8 Å². The second kappa shape index (κ2) is 9.38. The molecular formula is C20H24N4O3. The molecule has 0 spiro atoms. The predicted molar refractivity (Wildman–Crippen MR) is 106 cm³/mol. The summed E-state index contributed by atoms with van der Waals surface area (Å²) in [6.07, 6.45) is 0. The van der Waals surface area contributed by atoms with Gasteiger partial charge in [0.1, 0.15) is 0 Å². The van der Waals surface area contributed by atoms with Crippen molar-refractivity contribution in [2.45, 2.75) is 6.92 Å². The van der Waals surface area contributed by atoms with Crippen LogP contribution in [0.5, 0.6) is 0 Å². The molecule has 0 radical (unpaired) electrons. The third-order valence-electron chi connectivity index (χ3n) is 3.71. The molecular weight excluding hydrogens is 344 g/mol. The van der Waals surface area contributed by atoms with Crippen molar-refractivity contribution in [2.75, 3.05) is 37.8 Å². The summed E-state index contributed by atoms with van der Waals surface area (Å²) in [5, 5.41) is 8.47. The van der Waals surface area contributed by atoms with E-state index in [0.717, 1.165) is 0 Å². The fourth-order valence-corrected chi connectivity index (χ4v) is 2.41. The highest BCUT2D eigenvalue weighted by molar-refractivity contribution is 5.98. The molecule has 27 heavy (non-hydrogen) atoms. The van der Waals surface area contributed by atoms with Gasteiger partial charge in [-0.3, -0.25) is 14.4 Å². The standard InChI is InChI=1S/C20H24N4O3/c1-4-21-19(26)14-7-5-9-16(11-14)22-13-18(25)23-17-10-6-8-15(12-17)20(27)24(2)3/h5-12,22H,4,13H2,1-3H3,(H,21,26)(H,23,25). The summed E-state index contributed by atoms with van der Waals surface area (Å²) in [7, 11) is 3.35. The van der Waals surface area contributed by atoms with Crippen molar-refractivity contribution < 1.29 is 14.4 Å². The Kier molecular flexibility index (Phi) is 6.93. The van der Waals surface area contributed by atoms with Crippen molar-refractivity contribution in [1.82, 2.24) is 10.2 Å². The summed E-state index contributed by atoms with van der Waals surface area (Å²) >= 11 is 0. The molecule has 0 aliphatic rings. The molecule has 3 N–H and O–H groups in total. The Morgan fingerprint density at radius 3 is 2.22 bits per heavy atom. The number of rotatable bonds is 7. The van der Waals surface area contributed by atoms with Gasteiger partial charge in [-0.15, -0.1) is 0 Å². The fraction of sp³-hybridized carbons (Fsp3) is 0.250. The van der Waals surface area contributed by atoms with Crippen molar-refractivity contribution in [1.29, 1.82) is 0 Å². The van der Waals surface area contributed by atoms with E-state index in [1.165, 1.54) is 4.90 Å². The van der Waals surface area contributed by atoms with Crippen LogP contribution in [0.25, 0.3) is 0 Å². The van der Waals surface area contributed by atoms with Crippen LogP contribution in [0.3, 0.4) is 0 Å². The maximum Gasteiger partial charge on any atom is 0.253 e. The molecule has 0 heterocycles. The first-order chi connectivity index (χ1) is 12.9. The summed E-state index contributed by atoms with van der Waals surface area (Å²) in [4.78, 5) is 37.5. The zero-order valence-corrected chi connectivity index (χ0v) is 15.7. The molecule has 142 valence electrons. The van der Waals surface area contributed by atoms with Gasteiger partial charge in [-0.2, -0.15) is 0 Å². The summed E-state index contributed by atoms with van der Waals surface area (Å²) in [5.74, 6) is -0.549. The smallest absolute Gasteiger partial charge is 0.253 e. The molecule has 7 heteroatoms. The Hall–Kier alpha value is -3.35. The molecule has 0 saturated carbocycles. The van der Waals surface area contributed by atoms with Crippen molar-refractivity contribution in [2.24, 2.45) is 0 Å². The highest BCUT2D eigenvalue weighted by Crippen LogP contribution is 2.13. The number of hydrogen-bond acceptors (Lipinski definition) is 4. The number of nitrogens with zero attached hydrogens (tertiary/aromatic N) is 1. The van der Waals surface area contributed by atoms with Gasteiger partial charge in [0.05, 0.1) is 6.54 Å². The van der Waals surface area contributed by atoms with E-state index in [4.69, 9.17) is 0 Å². The van der Waals surface area contributed by atoms with Crippen molar-refractivity contribution in [3.8, 4) is 0 Å². The average Bonchev–Trinajstić information content (AvgIpc) is 2.66. The van der Waals surface area contributed by atoms with Crippen molar-refractivity contribution in [3.05, 3.63) is 59.7 Å². The lowest BCUT2D eigenvalue weighted by molar-refractivity contribution is -0.114. The van der Waals surface area contributed by atoms with Gasteiger partial charge in [0.15, 0.2) is 0 Å². The van der Waals surface area contributed by atoms with Crippen LogP contribution in [-0.2, 0) is 4.79 Å². The van der Waals surface area contributed by atoms with Crippen molar-refractivity contribution >= 4 is 29.1 Å². The number of benzene rings is 2. The number of carbonyl (C=O) groups excluding carboxylic acids is 3. The van der Waals surface area contributed by atoms with E-state index in [2.05, 4.69) is 16.0 Å². The normalized spacial score (nSPS) is 10.0. The van der Waals surface area contributed by atoms with Crippen LogP contribution in [0.15, 0.2) is 48.5 Å². The zero-order valence-electron chi connectivity index (χ0n) is 15.7. The Labute approximate surface area is 158 Å². The SMILES string of the molecule is CCNC(=O)c1cccc(NCC(=O)Nc2cccc(C(=O)N(C)C)c2)c1. The largest absolute Gasteiger partial charge is 0.376 e. The maximum atomic E-state index is 12.2. The average molecular weight is 368 g/mol. The zero-order chi connectivity index (χ0) is 19.8.